The van der Waals surface area contributed by atoms with E-state index in [1.54, 1.807) is 0 Å². The minimum absolute atomic E-state index is 0.225. The third kappa shape index (κ3) is 2.24. The van der Waals surface area contributed by atoms with E-state index in [0.717, 1.165) is 10.2 Å². The summed E-state index contributed by atoms with van der Waals surface area (Å²) in [4.78, 5) is 12.1. The zero-order valence-electron chi connectivity index (χ0n) is 10.4. The highest BCUT2D eigenvalue weighted by molar-refractivity contribution is 9.10. The lowest BCUT2D eigenvalue weighted by molar-refractivity contribution is -0.147. The molecule has 1 aliphatic rings. The van der Waals surface area contributed by atoms with Crippen molar-refractivity contribution in [1.82, 2.24) is 0 Å². The first-order chi connectivity index (χ1) is 8.60. The zero-order chi connectivity index (χ0) is 13.2. The molecular formula is C13H16BrNO3. The second kappa shape index (κ2) is 5.28. The average Bonchev–Trinajstić information content (AvgIpc) is 2.74. The highest BCUT2D eigenvalue weighted by atomic mass is 79.9. The van der Waals surface area contributed by atoms with Crippen LogP contribution in [0.4, 0.5) is 5.69 Å². The van der Waals surface area contributed by atoms with Gasteiger partial charge in [0.05, 0.1) is 13.2 Å². The fourth-order valence-electron chi connectivity index (χ4n) is 2.21. The molecule has 1 saturated heterocycles. The van der Waals surface area contributed by atoms with Crippen LogP contribution in [0.2, 0.25) is 0 Å². The van der Waals surface area contributed by atoms with Crippen LogP contribution < -0.4 is 5.32 Å². The minimum atomic E-state index is -0.807. The lowest BCUT2D eigenvalue weighted by Gasteiger charge is -2.31. The Kier molecular flexibility index (Phi) is 3.92. The van der Waals surface area contributed by atoms with Crippen molar-refractivity contribution in [3.8, 4) is 0 Å². The molecule has 0 amide bonds. The van der Waals surface area contributed by atoms with E-state index in [4.69, 9.17) is 9.47 Å². The van der Waals surface area contributed by atoms with E-state index < -0.39 is 5.54 Å². The molecular weight excluding hydrogens is 298 g/mol. The maximum Gasteiger partial charge on any atom is 0.334 e. The molecule has 1 heterocycles. The molecule has 0 aromatic heterocycles. The molecule has 0 aliphatic carbocycles. The van der Waals surface area contributed by atoms with Crippen molar-refractivity contribution in [1.29, 1.82) is 0 Å². The number of hydrogen-bond donors (Lipinski definition) is 1. The number of carbonyl (C=O) groups is 1. The van der Waals surface area contributed by atoms with Gasteiger partial charge in [-0.15, -0.1) is 0 Å². The third-order valence-electron chi connectivity index (χ3n) is 3.34. The Morgan fingerprint density at radius 3 is 2.83 bits per heavy atom. The second-order valence-electron chi connectivity index (χ2n) is 4.33. The fourth-order valence-corrected chi connectivity index (χ4v) is 2.59. The topological polar surface area (TPSA) is 47.6 Å². The van der Waals surface area contributed by atoms with E-state index in [0.29, 0.717) is 13.0 Å². The number of anilines is 1. The van der Waals surface area contributed by atoms with Gasteiger partial charge in [-0.25, -0.2) is 4.79 Å². The molecule has 0 radical (unpaired) electrons. The van der Waals surface area contributed by atoms with Crippen LogP contribution >= 0.6 is 15.9 Å². The summed E-state index contributed by atoms with van der Waals surface area (Å²) in [6.45, 7) is 2.43. The van der Waals surface area contributed by atoms with Gasteiger partial charge in [-0.1, -0.05) is 12.1 Å². The number of halogens is 1. The van der Waals surface area contributed by atoms with Crippen molar-refractivity contribution in [2.75, 3.05) is 19.0 Å². The number of benzene rings is 1. The number of hydrogen-bond acceptors (Lipinski definition) is 4. The van der Waals surface area contributed by atoms with Crippen LogP contribution in [0.1, 0.15) is 13.3 Å². The Morgan fingerprint density at radius 1 is 1.56 bits per heavy atom. The van der Waals surface area contributed by atoms with Crippen LogP contribution in [0, 0.1) is 0 Å². The van der Waals surface area contributed by atoms with Crippen LogP contribution in [0.25, 0.3) is 0 Å². The normalized spacial score (nSPS) is 26.9. The van der Waals surface area contributed by atoms with Gasteiger partial charge in [0, 0.05) is 23.2 Å². The predicted molar refractivity (Wildman–Crippen MR) is 72.5 cm³/mol. The first kappa shape index (κ1) is 13.4. The summed E-state index contributed by atoms with van der Waals surface area (Å²) >= 11 is 3.46. The van der Waals surface area contributed by atoms with Crippen molar-refractivity contribution < 1.29 is 14.3 Å². The van der Waals surface area contributed by atoms with Gasteiger partial charge in [-0.2, -0.15) is 0 Å². The third-order valence-corrected chi connectivity index (χ3v) is 4.03. The molecule has 1 aromatic rings. The molecule has 2 unspecified atom stereocenters. The number of nitrogens with one attached hydrogen (secondary N) is 1. The molecule has 0 bridgehead atoms. The van der Waals surface area contributed by atoms with Crippen LogP contribution in [0.5, 0.6) is 0 Å². The number of ether oxygens (including phenoxy) is 2. The molecule has 4 nitrogen and oxygen atoms in total. The molecule has 98 valence electrons. The molecule has 1 aliphatic heterocycles. The molecule has 2 atom stereocenters. The predicted octanol–water partition coefficient (Wildman–Crippen LogP) is 2.58. The highest BCUT2D eigenvalue weighted by Crippen LogP contribution is 2.33. The molecule has 1 N–H and O–H groups in total. The van der Waals surface area contributed by atoms with Gasteiger partial charge in [0.25, 0.3) is 0 Å². The standard InChI is InChI=1S/C13H16BrNO3/c1-9-13(7-8-18-9,12(16)17-2)15-11-6-4-3-5-10(11)14/h3-6,9,15H,7-8H2,1-2H3. The smallest absolute Gasteiger partial charge is 0.334 e. The van der Waals surface area contributed by atoms with Gasteiger partial charge in [-0.3, -0.25) is 0 Å². The van der Waals surface area contributed by atoms with Crippen molar-refractivity contribution in [2.45, 2.75) is 25.0 Å². The highest BCUT2D eigenvalue weighted by Gasteiger charge is 2.49. The lowest BCUT2D eigenvalue weighted by atomic mass is 9.91. The Bertz CT molecular complexity index is 452. The van der Waals surface area contributed by atoms with Gasteiger partial charge in [0.1, 0.15) is 0 Å². The largest absolute Gasteiger partial charge is 0.467 e. The quantitative estimate of drug-likeness (QED) is 0.871. The van der Waals surface area contributed by atoms with Crippen molar-refractivity contribution >= 4 is 27.6 Å². The van der Waals surface area contributed by atoms with Crippen LogP contribution in [0.3, 0.4) is 0 Å². The van der Waals surface area contributed by atoms with Crippen LogP contribution in [-0.4, -0.2) is 31.3 Å². The molecule has 5 heteroatoms. The van der Waals surface area contributed by atoms with E-state index in [1.165, 1.54) is 7.11 Å². The van der Waals surface area contributed by atoms with Crippen molar-refractivity contribution in [3.05, 3.63) is 28.7 Å². The van der Waals surface area contributed by atoms with Gasteiger partial charge >= 0.3 is 5.97 Å². The summed E-state index contributed by atoms with van der Waals surface area (Å²) in [7, 11) is 1.40. The van der Waals surface area contributed by atoms with Gasteiger partial charge in [0.2, 0.25) is 0 Å². The van der Waals surface area contributed by atoms with Crippen LogP contribution in [-0.2, 0) is 14.3 Å². The van der Waals surface area contributed by atoms with E-state index >= 15 is 0 Å². The summed E-state index contributed by atoms with van der Waals surface area (Å²) in [5, 5.41) is 3.28. The van der Waals surface area contributed by atoms with E-state index in [2.05, 4.69) is 21.2 Å². The molecule has 0 saturated carbocycles. The lowest BCUT2D eigenvalue weighted by Crippen LogP contribution is -2.52. The average molecular weight is 314 g/mol. The molecule has 1 aromatic carbocycles. The summed E-state index contributed by atoms with van der Waals surface area (Å²) < 4.78 is 11.4. The Balaban J connectivity index is 2.32. The molecule has 18 heavy (non-hydrogen) atoms. The van der Waals surface area contributed by atoms with Crippen molar-refractivity contribution in [2.24, 2.45) is 0 Å². The monoisotopic (exact) mass is 313 g/mol. The summed E-state index contributed by atoms with van der Waals surface area (Å²) in [6.07, 6.45) is 0.374. The summed E-state index contributed by atoms with van der Waals surface area (Å²) in [5.74, 6) is -0.289. The first-order valence-electron chi connectivity index (χ1n) is 5.83. The Hall–Kier alpha value is -1.07. The van der Waals surface area contributed by atoms with Gasteiger partial charge in [0.15, 0.2) is 5.54 Å². The number of carbonyl (C=O) groups excluding carboxylic acids is 1. The van der Waals surface area contributed by atoms with Crippen molar-refractivity contribution in [3.63, 3.8) is 0 Å². The minimum Gasteiger partial charge on any atom is -0.467 e. The summed E-state index contributed by atoms with van der Waals surface area (Å²) in [6, 6.07) is 7.68. The van der Waals surface area contributed by atoms with Gasteiger partial charge in [-0.05, 0) is 35.0 Å². The Morgan fingerprint density at radius 2 is 2.28 bits per heavy atom. The maximum absolute atomic E-state index is 12.1. The fraction of sp³-hybridized carbons (Fsp3) is 0.462. The molecule has 2 rings (SSSR count). The number of esters is 1. The SMILES string of the molecule is COC(=O)C1(Nc2ccccc2Br)CCOC1C. The number of rotatable bonds is 3. The van der Waals surface area contributed by atoms with Crippen LogP contribution in [0.15, 0.2) is 28.7 Å². The molecule has 0 spiro atoms. The first-order valence-corrected chi connectivity index (χ1v) is 6.62. The van der Waals surface area contributed by atoms with E-state index in [9.17, 15) is 4.79 Å². The number of para-hydroxylation sites is 1. The van der Waals surface area contributed by atoms with E-state index in [-0.39, 0.29) is 12.1 Å². The van der Waals surface area contributed by atoms with Gasteiger partial charge < -0.3 is 14.8 Å². The van der Waals surface area contributed by atoms with E-state index in [1.807, 2.05) is 31.2 Å². The maximum atomic E-state index is 12.1. The Labute approximate surface area is 115 Å². The molecule has 1 fully saturated rings. The summed E-state index contributed by atoms with van der Waals surface area (Å²) in [5.41, 5.74) is 0.0544. The number of methoxy groups -OCH3 is 1. The zero-order valence-corrected chi connectivity index (χ0v) is 12.0. The second-order valence-corrected chi connectivity index (χ2v) is 5.19.